The van der Waals surface area contributed by atoms with E-state index in [2.05, 4.69) is 31.2 Å². The second-order valence-electron chi connectivity index (χ2n) is 3.56. The van der Waals surface area contributed by atoms with Crippen molar-refractivity contribution < 1.29 is 4.79 Å². The highest BCUT2D eigenvalue weighted by Crippen LogP contribution is 2.23. The molecule has 0 saturated carbocycles. The van der Waals surface area contributed by atoms with Gasteiger partial charge in [-0.05, 0) is 28.1 Å². The van der Waals surface area contributed by atoms with Gasteiger partial charge in [-0.15, -0.1) is 0 Å². The number of para-hydroxylation sites is 1. The van der Waals surface area contributed by atoms with Gasteiger partial charge in [-0.2, -0.15) is 0 Å². The third kappa shape index (κ3) is 3.93. The molecular weight excluding hydrogens is 328 g/mol. The number of nitrogens with two attached hydrogens (primary N) is 1. The lowest BCUT2D eigenvalue weighted by Gasteiger charge is -2.07. The van der Waals surface area contributed by atoms with Gasteiger partial charge in [0.15, 0.2) is 5.82 Å². The van der Waals surface area contributed by atoms with E-state index in [0.29, 0.717) is 10.8 Å². The van der Waals surface area contributed by atoms with E-state index in [1.165, 1.54) is 18.0 Å². The standard InChI is InChI=1S/C12H11BrN4OS/c13-8-3-1-2-4-9(8)17-10(18)7-19-12-11(14)15-5-6-16-12/h1-6H,7H2,(H2,14,15)(H,17,18). The van der Waals surface area contributed by atoms with Crippen molar-refractivity contribution in [2.24, 2.45) is 0 Å². The molecule has 1 aromatic carbocycles. The van der Waals surface area contributed by atoms with Crippen LogP contribution in [0.1, 0.15) is 0 Å². The average molecular weight is 339 g/mol. The first-order valence-corrected chi connectivity index (χ1v) is 7.18. The van der Waals surface area contributed by atoms with E-state index in [1.807, 2.05) is 24.3 Å². The summed E-state index contributed by atoms with van der Waals surface area (Å²) in [4.78, 5) is 19.8. The number of carbonyl (C=O) groups excluding carboxylic acids is 1. The van der Waals surface area contributed by atoms with Crippen molar-refractivity contribution in [1.29, 1.82) is 0 Å². The molecule has 0 aliphatic rings. The Balaban J connectivity index is 1.92. The number of nitrogens with zero attached hydrogens (tertiary/aromatic N) is 2. The summed E-state index contributed by atoms with van der Waals surface area (Å²) in [6, 6.07) is 7.43. The molecule has 0 saturated heterocycles. The Labute approximate surface area is 123 Å². The minimum Gasteiger partial charge on any atom is -0.381 e. The molecule has 7 heteroatoms. The maximum atomic E-state index is 11.8. The summed E-state index contributed by atoms with van der Waals surface area (Å²) in [5.41, 5.74) is 6.39. The Morgan fingerprint density at radius 1 is 1.32 bits per heavy atom. The van der Waals surface area contributed by atoms with E-state index >= 15 is 0 Å². The van der Waals surface area contributed by atoms with Gasteiger partial charge in [-0.3, -0.25) is 4.79 Å². The van der Waals surface area contributed by atoms with Crippen LogP contribution in [0.15, 0.2) is 46.2 Å². The number of carbonyl (C=O) groups is 1. The number of hydrogen-bond donors (Lipinski definition) is 2. The number of benzene rings is 1. The minimum atomic E-state index is -0.123. The molecule has 1 heterocycles. The zero-order valence-corrected chi connectivity index (χ0v) is 12.2. The lowest BCUT2D eigenvalue weighted by molar-refractivity contribution is -0.113. The lowest BCUT2D eigenvalue weighted by Crippen LogP contribution is -2.14. The van der Waals surface area contributed by atoms with Crippen molar-refractivity contribution in [2.75, 3.05) is 16.8 Å². The van der Waals surface area contributed by atoms with Gasteiger partial charge < -0.3 is 11.1 Å². The number of rotatable bonds is 4. The van der Waals surface area contributed by atoms with Crippen LogP contribution in [0, 0.1) is 0 Å². The predicted molar refractivity (Wildman–Crippen MR) is 79.9 cm³/mol. The second-order valence-corrected chi connectivity index (χ2v) is 5.38. The van der Waals surface area contributed by atoms with Crippen LogP contribution in [0.2, 0.25) is 0 Å². The van der Waals surface area contributed by atoms with Gasteiger partial charge in [0.1, 0.15) is 5.03 Å². The average Bonchev–Trinajstić information content (AvgIpc) is 2.40. The van der Waals surface area contributed by atoms with Gasteiger partial charge >= 0.3 is 0 Å². The Morgan fingerprint density at radius 3 is 2.79 bits per heavy atom. The number of anilines is 2. The Bertz CT molecular complexity index is 593. The Hall–Kier alpha value is -1.60. The van der Waals surface area contributed by atoms with Crippen LogP contribution >= 0.6 is 27.7 Å². The molecule has 0 aliphatic carbocycles. The second kappa shape index (κ2) is 6.53. The fourth-order valence-corrected chi connectivity index (χ4v) is 2.39. The lowest BCUT2D eigenvalue weighted by atomic mass is 10.3. The molecule has 0 atom stereocenters. The molecule has 3 N–H and O–H groups in total. The maximum absolute atomic E-state index is 11.8. The summed E-state index contributed by atoms with van der Waals surface area (Å²) >= 11 is 4.62. The van der Waals surface area contributed by atoms with Crippen molar-refractivity contribution in [3.8, 4) is 0 Å². The number of thioether (sulfide) groups is 1. The van der Waals surface area contributed by atoms with E-state index in [-0.39, 0.29) is 11.7 Å². The van der Waals surface area contributed by atoms with E-state index < -0.39 is 0 Å². The quantitative estimate of drug-likeness (QED) is 0.837. The van der Waals surface area contributed by atoms with Crippen molar-refractivity contribution in [2.45, 2.75) is 5.03 Å². The Kier molecular flexibility index (Phi) is 4.75. The molecule has 0 fully saturated rings. The Morgan fingerprint density at radius 2 is 2.05 bits per heavy atom. The normalized spacial score (nSPS) is 10.2. The van der Waals surface area contributed by atoms with Crippen molar-refractivity contribution in [3.05, 3.63) is 41.1 Å². The number of nitrogen functional groups attached to an aromatic ring is 1. The summed E-state index contributed by atoms with van der Waals surface area (Å²) in [7, 11) is 0. The van der Waals surface area contributed by atoms with E-state index in [1.54, 1.807) is 6.20 Å². The number of aromatic nitrogens is 2. The molecule has 0 bridgehead atoms. The molecule has 0 radical (unpaired) electrons. The third-order valence-corrected chi connectivity index (χ3v) is 3.87. The van der Waals surface area contributed by atoms with E-state index in [0.717, 1.165) is 10.2 Å². The van der Waals surface area contributed by atoms with Gasteiger partial charge in [0.25, 0.3) is 0 Å². The topological polar surface area (TPSA) is 80.9 Å². The summed E-state index contributed by atoms with van der Waals surface area (Å²) in [6.45, 7) is 0. The molecule has 1 amide bonds. The SMILES string of the molecule is Nc1nccnc1SCC(=O)Nc1ccccc1Br. The molecule has 0 spiro atoms. The van der Waals surface area contributed by atoms with Gasteiger partial charge in [0.05, 0.1) is 11.4 Å². The molecule has 1 aromatic heterocycles. The number of amides is 1. The molecule has 98 valence electrons. The maximum Gasteiger partial charge on any atom is 0.234 e. The molecule has 0 unspecified atom stereocenters. The summed E-state index contributed by atoms with van der Waals surface area (Å²) in [5.74, 6) is 0.438. The first kappa shape index (κ1) is 13.8. The number of hydrogen-bond acceptors (Lipinski definition) is 5. The zero-order chi connectivity index (χ0) is 13.7. The van der Waals surface area contributed by atoms with Gasteiger partial charge in [-0.1, -0.05) is 23.9 Å². The van der Waals surface area contributed by atoms with Crippen molar-refractivity contribution in [1.82, 2.24) is 9.97 Å². The highest BCUT2D eigenvalue weighted by Gasteiger charge is 2.08. The van der Waals surface area contributed by atoms with Crippen LogP contribution in [0.5, 0.6) is 0 Å². The van der Waals surface area contributed by atoms with Crippen LogP contribution in [0.25, 0.3) is 0 Å². The van der Waals surface area contributed by atoms with Gasteiger partial charge in [0, 0.05) is 16.9 Å². The first-order chi connectivity index (χ1) is 9.16. The summed E-state index contributed by atoms with van der Waals surface area (Å²) in [5, 5.41) is 3.36. The van der Waals surface area contributed by atoms with Crippen molar-refractivity contribution >= 4 is 45.1 Å². The minimum absolute atomic E-state index is 0.123. The van der Waals surface area contributed by atoms with Gasteiger partial charge in [0.2, 0.25) is 5.91 Å². The molecule has 5 nitrogen and oxygen atoms in total. The molecule has 0 aliphatic heterocycles. The highest BCUT2D eigenvalue weighted by atomic mass is 79.9. The molecule has 19 heavy (non-hydrogen) atoms. The molecule has 2 rings (SSSR count). The van der Waals surface area contributed by atoms with Crippen LogP contribution in [-0.2, 0) is 4.79 Å². The molecular formula is C12H11BrN4OS. The number of nitrogens with one attached hydrogen (secondary N) is 1. The highest BCUT2D eigenvalue weighted by molar-refractivity contribution is 9.10. The van der Waals surface area contributed by atoms with Crippen LogP contribution in [-0.4, -0.2) is 21.6 Å². The van der Waals surface area contributed by atoms with Crippen LogP contribution in [0.3, 0.4) is 0 Å². The van der Waals surface area contributed by atoms with Crippen LogP contribution < -0.4 is 11.1 Å². The fourth-order valence-electron chi connectivity index (χ4n) is 1.33. The monoisotopic (exact) mass is 338 g/mol. The van der Waals surface area contributed by atoms with Gasteiger partial charge in [-0.25, -0.2) is 9.97 Å². The summed E-state index contributed by atoms with van der Waals surface area (Å²) < 4.78 is 0.840. The third-order valence-electron chi connectivity index (χ3n) is 2.18. The largest absolute Gasteiger partial charge is 0.381 e. The zero-order valence-electron chi connectivity index (χ0n) is 9.84. The van der Waals surface area contributed by atoms with Crippen molar-refractivity contribution in [3.63, 3.8) is 0 Å². The van der Waals surface area contributed by atoms with E-state index in [9.17, 15) is 4.79 Å². The number of halogens is 1. The fraction of sp³-hybridized carbons (Fsp3) is 0.0833. The van der Waals surface area contributed by atoms with E-state index in [4.69, 9.17) is 5.73 Å². The summed E-state index contributed by atoms with van der Waals surface area (Å²) in [6.07, 6.45) is 3.06. The predicted octanol–water partition coefficient (Wildman–Crippen LogP) is 2.55. The smallest absolute Gasteiger partial charge is 0.234 e. The van der Waals surface area contributed by atoms with Crippen LogP contribution in [0.4, 0.5) is 11.5 Å². The first-order valence-electron chi connectivity index (χ1n) is 5.40. The molecule has 2 aromatic rings.